The number of amides is 1. The number of ether oxygens (including phenoxy) is 1. The molecule has 10 heteroatoms. The van der Waals surface area contributed by atoms with E-state index < -0.39 is 23.9 Å². The van der Waals surface area contributed by atoms with E-state index in [1.807, 2.05) is 30.3 Å². The van der Waals surface area contributed by atoms with Gasteiger partial charge >= 0.3 is 0 Å². The molecule has 2 aliphatic heterocycles. The van der Waals surface area contributed by atoms with Gasteiger partial charge in [-0.05, 0) is 69.9 Å². The number of carbonyl (C=O) groups excluding carboxylic acids is 1. The summed E-state index contributed by atoms with van der Waals surface area (Å²) in [6.07, 6.45) is 7.09. The topological polar surface area (TPSA) is 94.5 Å². The molecule has 8 nitrogen and oxygen atoms in total. The molecule has 9 rings (SSSR count). The van der Waals surface area contributed by atoms with Crippen LogP contribution < -0.4 is 4.90 Å². The third-order valence-corrected chi connectivity index (χ3v) is 10.0. The number of aromatic nitrogens is 3. The molecule has 6 fully saturated rings. The van der Waals surface area contributed by atoms with Crippen molar-refractivity contribution in [1.82, 2.24) is 15.3 Å². The Morgan fingerprint density at radius 3 is 2.44 bits per heavy atom. The van der Waals surface area contributed by atoms with Crippen molar-refractivity contribution in [1.29, 1.82) is 0 Å². The summed E-state index contributed by atoms with van der Waals surface area (Å²) in [6.45, 7) is 0.864. The Balaban J connectivity index is 1.06. The lowest BCUT2D eigenvalue weighted by Crippen LogP contribution is -2.55. The van der Waals surface area contributed by atoms with Crippen molar-refractivity contribution in [3.63, 3.8) is 0 Å². The fourth-order valence-electron chi connectivity index (χ4n) is 7.00. The summed E-state index contributed by atoms with van der Waals surface area (Å²) in [4.78, 5) is 20.4. The van der Waals surface area contributed by atoms with Gasteiger partial charge in [0.05, 0.1) is 6.61 Å². The van der Waals surface area contributed by atoms with E-state index in [2.05, 4.69) is 10.3 Å². The maximum Gasteiger partial charge on any atom is 0.258 e. The lowest BCUT2D eigenvalue weighted by atomic mass is 9.65. The van der Waals surface area contributed by atoms with Crippen LogP contribution in [0.4, 0.5) is 14.5 Å². The molecular weight excluding hydrogens is 530 g/mol. The van der Waals surface area contributed by atoms with Crippen LogP contribution in [0.5, 0.6) is 0 Å². The number of nitrogens with zero attached hydrogens (tertiary/aromatic N) is 4. The Morgan fingerprint density at radius 1 is 0.951 bits per heavy atom. The van der Waals surface area contributed by atoms with Crippen molar-refractivity contribution in [2.75, 3.05) is 18.1 Å². The number of anilines is 1. The molecule has 2 saturated heterocycles. The summed E-state index contributed by atoms with van der Waals surface area (Å²) in [5.41, 5.74) is 1.41. The van der Waals surface area contributed by atoms with Gasteiger partial charge in [-0.3, -0.25) is 4.79 Å². The Hall–Kier alpha value is -3.14. The number of carbonyl (C=O) groups is 1. The van der Waals surface area contributed by atoms with Gasteiger partial charge in [0.25, 0.3) is 5.89 Å². The minimum Gasteiger partial charge on any atom is -0.364 e. The molecule has 2 bridgehead atoms. The van der Waals surface area contributed by atoms with Gasteiger partial charge in [0.1, 0.15) is 17.1 Å². The summed E-state index contributed by atoms with van der Waals surface area (Å²) < 4.78 is 46.2. The van der Waals surface area contributed by atoms with Gasteiger partial charge in [-0.15, -0.1) is 0 Å². The van der Waals surface area contributed by atoms with Crippen LogP contribution in [-0.4, -0.2) is 40.3 Å². The molecule has 0 spiro atoms. The summed E-state index contributed by atoms with van der Waals surface area (Å²) in [5, 5.41) is 8.48. The van der Waals surface area contributed by atoms with Crippen molar-refractivity contribution in [2.45, 2.75) is 94.0 Å². The molecule has 0 N–H and O–H groups in total. The van der Waals surface area contributed by atoms with E-state index in [-0.39, 0.29) is 24.2 Å². The molecular formula is C31H34F2N4O4. The first kappa shape index (κ1) is 25.6. The molecule has 6 aliphatic rings. The second kappa shape index (κ2) is 9.18. The van der Waals surface area contributed by atoms with Gasteiger partial charge in [-0.1, -0.05) is 22.4 Å². The molecule has 1 unspecified atom stereocenters. The van der Waals surface area contributed by atoms with Crippen molar-refractivity contribution in [3.8, 4) is 11.3 Å². The molecule has 2 aromatic heterocycles. The molecule has 1 atom stereocenters. The fraction of sp³-hybridized carbons (Fsp3) is 0.613. The van der Waals surface area contributed by atoms with Crippen LogP contribution in [0.15, 0.2) is 39.4 Å². The lowest BCUT2D eigenvalue weighted by molar-refractivity contribution is -0.198. The quantitative estimate of drug-likeness (QED) is 0.299. The maximum absolute atomic E-state index is 14.2. The molecule has 216 valence electrons. The lowest BCUT2D eigenvalue weighted by Gasteiger charge is -2.52. The summed E-state index contributed by atoms with van der Waals surface area (Å²) in [5.74, 6) is -0.648. The van der Waals surface area contributed by atoms with Crippen LogP contribution >= 0.6 is 0 Å². The normalized spacial score (nSPS) is 30.5. The highest BCUT2D eigenvalue weighted by molar-refractivity contribution is 5.96. The highest BCUT2D eigenvalue weighted by atomic mass is 19.3. The minimum absolute atomic E-state index is 0.198. The zero-order chi connectivity index (χ0) is 27.8. The predicted molar refractivity (Wildman–Crippen MR) is 143 cm³/mol. The molecule has 4 aliphatic carbocycles. The number of rotatable bonds is 8. The van der Waals surface area contributed by atoms with E-state index >= 15 is 0 Å². The van der Waals surface area contributed by atoms with Crippen molar-refractivity contribution in [3.05, 3.63) is 47.8 Å². The third kappa shape index (κ3) is 4.68. The number of fused-ring (bicyclic) bond motifs is 3. The minimum atomic E-state index is -2.80. The third-order valence-electron chi connectivity index (χ3n) is 10.0. The highest BCUT2D eigenvalue weighted by Crippen LogP contribution is 2.54. The number of halogens is 2. The van der Waals surface area contributed by atoms with Crippen LogP contribution in [0, 0.1) is 11.3 Å². The molecule has 1 aromatic carbocycles. The van der Waals surface area contributed by atoms with Crippen LogP contribution in [0.1, 0.15) is 99.9 Å². The predicted octanol–water partition coefficient (Wildman–Crippen LogP) is 6.73. The number of hydrogen-bond donors (Lipinski definition) is 0. The summed E-state index contributed by atoms with van der Waals surface area (Å²) in [7, 11) is 0. The van der Waals surface area contributed by atoms with E-state index in [0.717, 1.165) is 74.2 Å². The number of hydrogen-bond acceptors (Lipinski definition) is 7. The second-order valence-corrected chi connectivity index (χ2v) is 13.2. The van der Waals surface area contributed by atoms with Crippen LogP contribution in [0.25, 0.3) is 11.3 Å². The first-order valence-corrected chi connectivity index (χ1v) is 15.0. The molecule has 4 heterocycles. The van der Waals surface area contributed by atoms with Gasteiger partial charge in [-0.25, -0.2) is 8.78 Å². The molecule has 0 radical (unpaired) electrons. The van der Waals surface area contributed by atoms with E-state index in [0.29, 0.717) is 36.6 Å². The van der Waals surface area contributed by atoms with Gasteiger partial charge in [0.15, 0.2) is 5.82 Å². The largest absolute Gasteiger partial charge is 0.364 e. The summed E-state index contributed by atoms with van der Waals surface area (Å²) in [6, 6.07) is 9.64. The molecule has 41 heavy (non-hydrogen) atoms. The smallest absolute Gasteiger partial charge is 0.258 e. The Morgan fingerprint density at radius 2 is 1.76 bits per heavy atom. The van der Waals surface area contributed by atoms with Crippen molar-refractivity contribution < 1.29 is 27.4 Å². The van der Waals surface area contributed by atoms with E-state index in [9.17, 15) is 13.6 Å². The maximum atomic E-state index is 14.2. The van der Waals surface area contributed by atoms with Crippen LogP contribution in [0.3, 0.4) is 0 Å². The average Bonchev–Trinajstić information content (AvgIpc) is 3.89. The Labute approximate surface area is 236 Å². The number of benzene rings is 1. The van der Waals surface area contributed by atoms with E-state index in [1.165, 1.54) is 0 Å². The molecule has 1 amide bonds. The highest BCUT2D eigenvalue weighted by Gasteiger charge is 2.55. The van der Waals surface area contributed by atoms with E-state index in [4.69, 9.17) is 18.8 Å². The van der Waals surface area contributed by atoms with Crippen LogP contribution in [0.2, 0.25) is 0 Å². The first-order valence-electron chi connectivity index (χ1n) is 15.0. The second-order valence-electron chi connectivity index (χ2n) is 13.2. The van der Waals surface area contributed by atoms with Crippen molar-refractivity contribution >= 4 is 11.6 Å². The van der Waals surface area contributed by atoms with Gasteiger partial charge in [0, 0.05) is 59.9 Å². The Kier molecular flexibility index (Phi) is 5.72. The van der Waals surface area contributed by atoms with Gasteiger partial charge in [0.2, 0.25) is 11.8 Å². The Bertz CT molecular complexity index is 1450. The average molecular weight is 565 g/mol. The zero-order valence-corrected chi connectivity index (χ0v) is 23.0. The molecule has 3 aromatic rings. The van der Waals surface area contributed by atoms with Gasteiger partial charge in [-0.2, -0.15) is 4.98 Å². The van der Waals surface area contributed by atoms with Gasteiger partial charge < -0.3 is 18.7 Å². The van der Waals surface area contributed by atoms with E-state index in [1.54, 1.807) is 4.90 Å². The van der Waals surface area contributed by atoms with Crippen LogP contribution in [-0.2, 0) is 15.1 Å². The number of alkyl halides is 2. The SMILES string of the molecule is O=C(C1CCC(F)(F)C1)N(CC12CCC(c3nc(C4CC4)no3)(CC1)OC2)c1cccc(-c2cc(C3CC3)on2)c1. The molecule has 4 saturated carbocycles. The standard InChI is InChI=1S/C31H34F2N4O4/c32-31(33)9-8-22(16-31)27(38)37(23-3-1-2-21(14-23)24-15-25(40-35-24)19-4-5-19)17-29-10-12-30(13-11-29,39-18-29)28-34-26(36-41-28)20-6-7-20/h1-3,14-15,19-20,22H,4-13,16-18H2. The summed E-state index contributed by atoms with van der Waals surface area (Å²) >= 11 is 0. The zero-order valence-electron chi connectivity index (χ0n) is 23.0. The first-order chi connectivity index (χ1) is 19.8. The van der Waals surface area contributed by atoms with Crippen molar-refractivity contribution in [2.24, 2.45) is 11.3 Å². The monoisotopic (exact) mass is 564 g/mol. The fourth-order valence-corrected chi connectivity index (χ4v) is 7.00.